The second kappa shape index (κ2) is 5.38. The number of hydrogen-bond acceptors (Lipinski definition) is 5. The Labute approximate surface area is 127 Å². The topological polar surface area (TPSA) is 76.8 Å². The number of rotatable bonds is 3. The van der Waals surface area contributed by atoms with Crippen LogP contribution in [-0.2, 0) is 4.74 Å². The van der Waals surface area contributed by atoms with Crippen LogP contribution in [0, 0.1) is 6.92 Å². The fourth-order valence-electron chi connectivity index (χ4n) is 2.72. The van der Waals surface area contributed by atoms with Gasteiger partial charge < -0.3 is 9.26 Å². The van der Waals surface area contributed by atoms with Gasteiger partial charge in [0.25, 0.3) is 5.89 Å². The van der Waals surface area contributed by atoms with Crippen LogP contribution in [0.2, 0.25) is 0 Å². The zero-order chi connectivity index (χ0) is 14.9. The Morgan fingerprint density at radius 2 is 2.09 bits per heavy atom. The molecule has 3 heterocycles. The molecule has 22 heavy (non-hydrogen) atoms. The number of nitrogens with one attached hydrogen (secondary N) is 1. The molecule has 1 N–H and O–H groups in total. The Hall–Kier alpha value is -2.47. The number of aromatic nitrogens is 4. The first-order chi connectivity index (χ1) is 10.8. The van der Waals surface area contributed by atoms with Crippen LogP contribution in [-0.4, -0.2) is 33.6 Å². The van der Waals surface area contributed by atoms with Crippen LogP contribution >= 0.6 is 0 Å². The number of ether oxygens (including phenoxy) is 1. The first-order valence-electron chi connectivity index (χ1n) is 7.35. The van der Waals surface area contributed by atoms with Crippen LogP contribution in [0.1, 0.15) is 23.7 Å². The molecule has 1 fully saturated rings. The van der Waals surface area contributed by atoms with E-state index in [1.807, 2.05) is 37.3 Å². The van der Waals surface area contributed by atoms with Gasteiger partial charge in [-0.25, -0.2) is 0 Å². The summed E-state index contributed by atoms with van der Waals surface area (Å²) in [5.41, 5.74) is 3.74. The van der Waals surface area contributed by atoms with Gasteiger partial charge in [0, 0.05) is 23.7 Å². The molecule has 1 unspecified atom stereocenters. The van der Waals surface area contributed by atoms with Crippen LogP contribution in [0.15, 0.2) is 34.9 Å². The maximum absolute atomic E-state index is 5.41. The fourth-order valence-corrected chi connectivity index (χ4v) is 2.72. The van der Waals surface area contributed by atoms with Crippen LogP contribution < -0.4 is 0 Å². The van der Waals surface area contributed by atoms with E-state index < -0.39 is 0 Å². The van der Waals surface area contributed by atoms with Crippen molar-refractivity contribution in [3.05, 3.63) is 41.7 Å². The molecule has 4 rings (SSSR count). The minimum absolute atomic E-state index is 0.231. The summed E-state index contributed by atoms with van der Waals surface area (Å²) in [5.74, 6) is 1.42. The molecule has 0 amide bonds. The summed E-state index contributed by atoms with van der Waals surface area (Å²) in [6.45, 7) is 3.43. The lowest BCUT2D eigenvalue weighted by atomic mass is 10.1. The van der Waals surface area contributed by atoms with Crippen molar-refractivity contribution in [1.82, 2.24) is 20.3 Å². The number of H-pyrrole nitrogens is 1. The fraction of sp³-hybridized carbons (Fsp3) is 0.312. The van der Waals surface area contributed by atoms with Gasteiger partial charge in [-0.05, 0) is 13.3 Å². The first-order valence-corrected chi connectivity index (χ1v) is 7.35. The van der Waals surface area contributed by atoms with E-state index in [4.69, 9.17) is 9.26 Å². The molecule has 6 heteroatoms. The molecular weight excluding hydrogens is 280 g/mol. The van der Waals surface area contributed by atoms with Crippen molar-refractivity contribution in [3.63, 3.8) is 0 Å². The van der Waals surface area contributed by atoms with E-state index in [0.717, 1.165) is 35.5 Å². The number of nitrogens with zero attached hydrogens (tertiary/aromatic N) is 3. The van der Waals surface area contributed by atoms with E-state index in [9.17, 15) is 0 Å². The van der Waals surface area contributed by atoms with E-state index >= 15 is 0 Å². The summed E-state index contributed by atoms with van der Waals surface area (Å²) in [4.78, 5) is 4.50. The molecule has 0 spiro atoms. The van der Waals surface area contributed by atoms with Crippen molar-refractivity contribution in [2.75, 3.05) is 13.2 Å². The second-order valence-corrected chi connectivity index (χ2v) is 5.46. The molecule has 0 aliphatic carbocycles. The molecule has 2 aromatic heterocycles. The minimum Gasteiger partial charge on any atom is -0.381 e. The predicted molar refractivity (Wildman–Crippen MR) is 80.2 cm³/mol. The summed E-state index contributed by atoms with van der Waals surface area (Å²) in [6.07, 6.45) is 0.941. The number of hydrogen-bond donors (Lipinski definition) is 1. The van der Waals surface area contributed by atoms with E-state index in [2.05, 4.69) is 20.3 Å². The van der Waals surface area contributed by atoms with Gasteiger partial charge in [0.15, 0.2) is 5.82 Å². The van der Waals surface area contributed by atoms with Crippen LogP contribution in [0.25, 0.3) is 22.8 Å². The molecule has 1 aromatic carbocycles. The zero-order valence-corrected chi connectivity index (χ0v) is 12.2. The highest BCUT2D eigenvalue weighted by atomic mass is 16.5. The number of benzene rings is 1. The maximum atomic E-state index is 5.41. The van der Waals surface area contributed by atoms with Crippen molar-refractivity contribution >= 4 is 0 Å². The van der Waals surface area contributed by atoms with Gasteiger partial charge in [0.05, 0.1) is 12.3 Å². The SMILES string of the molecule is Cc1c(-c2ccccc2)n[nH]c1-c1nc(C2CCOC2)no1. The Kier molecular flexibility index (Phi) is 3.23. The monoisotopic (exact) mass is 296 g/mol. The van der Waals surface area contributed by atoms with Gasteiger partial charge in [0.2, 0.25) is 0 Å². The van der Waals surface area contributed by atoms with Crippen molar-refractivity contribution in [3.8, 4) is 22.8 Å². The number of aromatic amines is 1. The molecule has 1 aliphatic heterocycles. The predicted octanol–water partition coefficient (Wildman–Crippen LogP) is 2.94. The normalized spacial score (nSPS) is 18.0. The van der Waals surface area contributed by atoms with Gasteiger partial charge in [-0.2, -0.15) is 10.1 Å². The molecule has 3 aromatic rings. The summed E-state index contributed by atoms with van der Waals surface area (Å²) < 4.78 is 10.8. The van der Waals surface area contributed by atoms with Crippen molar-refractivity contribution in [1.29, 1.82) is 0 Å². The lowest BCUT2D eigenvalue weighted by Gasteiger charge is -1.98. The molecule has 6 nitrogen and oxygen atoms in total. The largest absolute Gasteiger partial charge is 0.381 e. The van der Waals surface area contributed by atoms with Crippen molar-refractivity contribution < 1.29 is 9.26 Å². The van der Waals surface area contributed by atoms with Gasteiger partial charge in [-0.15, -0.1) is 0 Å². The van der Waals surface area contributed by atoms with E-state index in [1.54, 1.807) is 0 Å². The third kappa shape index (κ3) is 2.21. The summed E-state index contributed by atoms with van der Waals surface area (Å²) >= 11 is 0. The first kappa shape index (κ1) is 13.2. The smallest absolute Gasteiger partial charge is 0.276 e. The van der Waals surface area contributed by atoms with E-state index in [-0.39, 0.29) is 5.92 Å². The van der Waals surface area contributed by atoms with Crippen molar-refractivity contribution in [2.24, 2.45) is 0 Å². The van der Waals surface area contributed by atoms with Gasteiger partial charge in [0.1, 0.15) is 5.69 Å². The van der Waals surface area contributed by atoms with Crippen LogP contribution in [0.5, 0.6) is 0 Å². The molecule has 1 saturated heterocycles. The third-order valence-electron chi connectivity index (χ3n) is 4.01. The Bertz CT molecular complexity index is 773. The van der Waals surface area contributed by atoms with Gasteiger partial charge in [-0.3, -0.25) is 5.10 Å². The van der Waals surface area contributed by atoms with Crippen LogP contribution in [0.4, 0.5) is 0 Å². The van der Waals surface area contributed by atoms with E-state index in [0.29, 0.717) is 18.3 Å². The van der Waals surface area contributed by atoms with Crippen LogP contribution in [0.3, 0.4) is 0 Å². The Morgan fingerprint density at radius 1 is 1.23 bits per heavy atom. The molecule has 0 bridgehead atoms. The van der Waals surface area contributed by atoms with Gasteiger partial charge >= 0.3 is 0 Å². The summed E-state index contributed by atoms with van der Waals surface area (Å²) in [6, 6.07) is 10.0. The summed E-state index contributed by atoms with van der Waals surface area (Å²) in [5, 5.41) is 11.5. The highest BCUT2D eigenvalue weighted by Gasteiger charge is 2.25. The lowest BCUT2D eigenvalue weighted by Crippen LogP contribution is -1.99. The molecule has 112 valence electrons. The maximum Gasteiger partial charge on any atom is 0.276 e. The standard InChI is InChI=1S/C16H16N4O2/c1-10-13(11-5-3-2-4-6-11)18-19-14(10)16-17-15(20-22-16)12-7-8-21-9-12/h2-6,12H,7-9H2,1H3,(H,18,19). The lowest BCUT2D eigenvalue weighted by molar-refractivity contribution is 0.192. The highest BCUT2D eigenvalue weighted by Crippen LogP contribution is 2.30. The molecular formula is C16H16N4O2. The van der Waals surface area contributed by atoms with Gasteiger partial charge in [-0.1, -0.05) is 35.5 Å². The Morgan fingerprint density at radius 3 is 2.86 bits per heavy atom. The Balaban J connectivity index is 1.67. The second-order valence-electron chi connectivity index (χ2n) is 5.46. The molecule has 0 radical (unpaired) electrons. The average Bonchev–Trinajstić information content (AvgIpc) is 3.28. The zero-order valence-electron chi connectivity index (χ0n) is 12.2. The molecule has 1 aliphatic rings. The minimum atomic E-state index is 0.231. The molecule has 1 atom stereocenters. The quantitative estimate of drug-likeness (QED) is 0.804. The average molecular weight is 296 g/mol. The summed E-state index contributed by atoms with van der Waals surface area (Å²) in [7, 11) is 0. The van der Waals surface area contributed by atoms with E-state index in [1.165, 1.54) is 0 Å². The third-order valence-corrected chi connectivity index (χ3v) is 4.01. The molecule has 0 saturated carbocycles. The highest BCUT2D eigenvalue weighted by molar-refractivity contribution is 5.70. The van der Waals surface area contributed by atoms with Crippen molar-refractivity contribution in [2.45, 2.75) is 19.3 Å².